The SMILES string of the molecule is CC(=O)N(C)c1cc(C(=O)N2CC[C@H](C)Nc3ccccc32)ccc1Br. The molecule has 0 radical (unpaired) electrons. The Bertz CT molecular complexity index is 853. The molecule has 0 fully saturated rings. The Balaban J connectivity index is 1.99. The molecular formula is C20H22BrN3O2. The summed E-state index contributed by atoms with van der Waals surface area (Å²) in [7, 11) is 1.70. The van der Waals surface area contributed by atoms with Crippen molar-refractivity contribution in [3.8, 4) is 0 Å². The largest absolute Gasteiger partial charge is 0.381 e. The molecule has 0 saturated heterocycles. The Morgan fingerprint density at radius 3 is 2.69 bits per heavy atom. The van der Waals surface area contributed by atoms with Crippen LogP contribution in [-0.4, -0.2) is 31.4 Å². The number of anilines is 3. The standard InChI is InChI=1S/C20H22BrN3O2/c1-13-10-11-24(18-7-5-4-6-17(18)22-13)20(26)15-8-9-16(21)19(12-15)23(3)14(2)25/h4-9,12-13,22H,10-11H2,1-3H3/t13-/m0/s1. The van der Waals surface area contributed by atoms with E-state index in [0.29, 0.717) is 23.8 Å². The molecular weight excluding hydrogens is 394 g/mol. The summed E-state index contributed by atoms with van der Waals surface area (Å²) in [4.78, 5) is 28.3. The first-order valence-corrected chi connectivity index (χ1v) is 9.39. The molecule has 0 aromatic heterocycles. The van der Waals surface area contributed by atoms with Crippen LogP contribution in [0.1, 0.15) is 30.6 Å². The molecule has 0 spiro atoms. The van der Waals surface area contributed by atoms with Crippen LogP contribution in [0.3, 0.4) is 0 Å². The lowest BCUT2D eigenvalue weighted by molar-refractivity contribution is -0.116. The van der Waals surface area contributed by atoms with Crippen LogP contribution in [0, 0.1) is 0 Å². The molecule has 1 heterocycles. The molecule has 136 valence electrons. The number of fused-ring (bicyclic) bond motifs is 1. The Hall–Kier alpha value is -2.34. The lowest BCUT2D eigenvalue weighted by Crippen LogP contribution is -2.32. The fourth-order valence-corrected chi connectivity index (χ4v) is 3.56. The van der Waals surface area contributed by atoms with Crippen LogP contribution in [0.2, 0.25) is 0 Å². The smallest absolute Gasteiger partial charge is 0.258 e. The third-order valence-electron chi connectivity index (χ3n) is 4.65. The van der Waals surface area contributed by atoms with Gasteiger partial charge >= 0.3 is 0 Å². The van der Waals surface area contributed by atoms with Crippen molar-refractivity contribution >= 4 is 44.8 Å². The summed E-state index contributed by atoms with van der Waals surface area (Å²) in [6.07, 6.45) is 0.858. The Morgan fingerprint density at radius 1 is 1.23 bits per heavy atom. The first-order valence-electron chi connectivity index (χ1n) is 8.59. The van der Waals surface area contributed by atoms with Crippen LogP contribution in [-0.2, 0) is 4.79 Å². The van der Waals surface area contributed by atoms with E-state index in [0.717, 1.165) is 22.3 Å². The van der Waals surface area contributed by atoms with Gasteiger partial charge in [-0.3, -0.25) is 9.59 Å². The summed E-state index contributed by atoms with van der Waals surface area (Å²) < 4.78 is 0.776. The van der Waals surface area contributed by atoms with Gasteiger partial charge < -0.3 is 15.1 Å². The van der Waals surface area contributed by atoms with Gasteiger partial charge in [-0.2, -0.15) is 0 Å². The first-order chi connectivity index (χ1) is 12.4. The highest BCUT2D eigenvalue weighted by atomic mass is 79.9. The number of halogens is 1. The molecule has 0 aliphatic carbocycles. The molecule has 3 rings (SSSR count). The summed E-state index contributed by atoms with van der Waals surface area (Å²) in [5.41, 5.74) is 3.08. The van der Waals surface area contributed by atoms with Crippen molar-refractivity contribution in [1.29, 1.82) is 0 Å². The summed E-state index contributed by atoms with van der Waals surface area (Å²) in [6.45, 7) is 4.25. The van der Waals surface area contributed by atoms with Crippen molar-refractivity contribution in [3.63, 3.8) is 0 Å². The molecule has 5 nitrogen and oxygen atoms in total. The molecule has 26 heavy (non-hydrogen) atoms. The predicted molar refractivity (Wildman–Crippen MR) is 109 cm³/mol. The maximum atomic E-state index is 13.3. The molecule has 1 aliphatic heterocycles. The van der Waals surface area contributed by atoms with Crippen LogP contribution in [0.15, 0.2) is 46.9 Å². The summed E-state index contributed by atoms with van der Waals surface area (Å²) in [5.74, 6) is -0.160. The van der Waals surface area contributed by atoms with Crippen molar-refractivity contribution < 1.29 is 9.59 Å². The van der Waals surface area contributed by atoms with Crippen molar-refractivity contribution in [1.82, 2.24) is 0 Å². The highest BCUT2D eigenvalue weighted by Crippen LogP contribution is 2.32. The number of nitrogens with one attached hydrogen (secondary N) is 1. The van der Waals surface area contributed by atoms with Gasteiger partial charge in [0.15, 0.2) is 0 Å². The Labute approximate surface area is 162 Å². The van der Waals surface area contributed by atoms with E-state index >= 15 is 0 Å². The van der Waals surface area contributed by atoms with Gasteiger partial charge in [-0.25, -0.2) is 0 Å². The van der Waals surface area contributed by atoms with Crippen molar-refractivity contribution in [2.75, 3.05) is 28.7 Å². The molecule has 6 heteroatoms. The number of hydrogen-bond donors (Lipinski definition) is 1. The minimum atomic E-state index is -0.0894. The van der Waals surface area contributed by atoms with Gasteiger partial charge in [-0.05, 0) is 59.6 Å². The molecule has 1 aliphatic rings. The number of benzene rings is 2. The molecule has 0 saturated carbocycles. The molecule has 0 unspecified atom stereocenters. The van der Waals surface area contributed by atoms with Gasteiger partial charge in [-0.15, -0.1) is 0 Å². The van der Waals surface area contributed by atoms with Crippen LogP contribution in [0.4, 0.5) is 17.1 Å². The lowest BCUT2D eigenvalue weighted by atomic mass is 10.1. The van der Waals surface area contributed by atoms with E-state index in [1.165, 1.54) is 11.8 Å². The highest BCUT2D eigenvalue weighted by Gasteiger charge is 2.25. The average Bonchev–Trinajstić information content (AvgIpc) is 2.79. The molecule has 1 N–H and O–H groups in total. The highest BCUT2D eigenvalue weighted by molar-refractivity contribution is 9.10. The van der Waals surface area contributed by atoms with E-state index in [1.807, 2.05) is 35.2 Å². The monoisotopic (exact) mass is 415 g/mol. The van der Waals surface area contributed by atoms with Gasteiger partial charge in [0.2, 0.25) is 5.91 Å². The number of para-hydroxylation sites is 2. The van der Waals surface area contributed by atoms with Crippen LogP contribution in [0.5, 0.6) is 0 Å². The van der Waals surface area contributed by atoms with Crippen LogP contribution in [0.25, 0.3) is 0 Å². The predicted octanol–water partition coefficient (Wildman–Crippen LogP) is 4.28. The minimum Gasteiger partial charge on any atom is -0.381 e. The second-order valence-electron chi connectivity index (χ2n) is 6.55. The number of nitrogens with zero attached hydrogens (tertiary/aromatic N) is 2. The quantitative estimate of drug-likeness (QED) is 0.795. The van der Waals surface area contributed by atoms with E-state index in [2.05, 4.69) is 28.2 Å². The van der Waals surface area contributed by atoms with Gasteiger partial charge in [-0.1, -0.05) is 12.1 Å². The van der Waals surface area contributed by atoms with Gasteiger partial charge in [0.05, 0.1) is 17.1 Å². The zero-order valence-corrected chi connectivity index (χ0v) is 16.7. The van der Waals surface area contributed by atoms with Gasteiger partial charge in [0, 0.05) is 36.6 Å². The summed E-state index contributed by atoms with van der Waals surface area (Å²) >= 11 is 3.46. The van der Waals surface area contributed by atoms with Crippen molar-refractivity contribution in [2.24, 2.45) is 0 Å². The van der Waals surface area contributed by atoms with Gasteiger partial charge in [0.25, 0.3) is 5.91 Å². The molecule has 0 bridgehead atoms. The van der Waals surface area contributed by atoms with E-state index in [4.69, 9.17) is 0 Å². The third-order valence-corrected chi connectivity index (χ3v) is 5.32. The maximum Gasteiger partial charge on any atom is 0.258 e. The first kappa shape index (κ1) is 18.5. The maximum absolute atomic E-state index is 13.3. The zero-order valence-electron chi connectivity index (χ0n) is 15.1. The van der Waals surface area contributed by atoms with Crippen LogP contribution < -0.4 is 15.1 Å². The van der Waals surface area contributed by atoms with Crippen molar-refractivity contribution in [3.05, 3.63) is 52.5 Å². The Morgan fingerprint density at radius 2 is 1.96 bits per heavy atom. The second-order valence-corrected chi connectivity index (χ2v) is 7.41. The van der Waals surface area contributed by atoms with E-state index in [9.17, 15) is 9.59 Å². The molecule has 2 aromatic rings. The van der Waals surface area contributed by atoms with Crippen LogP contribution >= 0.6 is 15.9 Å². The fourth-order valence-electron chi connectivity index (χ4n) is 3.05. The van der Waals surface area contributed by atoms with Gasteiger partial charge in [0.1, 0.15) is 0 Å². The third kappa shape index (κ3) is 3.60. The zero-order chi connectivity index (χ0) is 18.8. The van der Waals surface area contributed by atoms with E-state index in [-0.39, 0.29) is 11.8 Å². The second kappa shape index (κ2) is 7.50. The van der Waals surface area contributed by atoms with E-state index in [1.54, 1.807) is 19.2 Å². The number of amides is 2. The van der Waals surface area contributed by atoms with E-state index < -0.39 is 0 Å². The lowest BCUT2D eigenvalue weighted by Gasteiger charge is -2.24. The molecule has 2 aromatic carbocycles. The number of rotatable bonds is 2. The Kier molecular flexibility index (Phi) is 5.32. The summed E-state index contributed by atoms with van der Waals surface area (Å²) in [6, 6.07) is 13.5. The topological polar surface area (TPSA) is 52.7 Å². The number of hydrogen-bond acceptors (Lipinski definition) is 3. The minimum absolute atomic E-state index is 0.0703. The average molecular weight is 416 g/mol. The number of carbonyl (C=O) groups excluding carboxylic acids is 2. The molecule has 1 atom stereocenters. The number of carbonyl (C=O) groups is 2. The normalized spacial score (nSPS) is 16.3. The summed E-state index contributed by atoms with van der Waals surface area (Å²) in [5, 5.41) is 3.46. The fraction of sp³-hybridized carbons (Fsp3) is 0.300. The van der Waals surface area contributed by atoms with Crippen molar-refractivity contribution in [2.45, 2.75) is 26.3 Å². The molecule has 2 amide bonds.